The fourth-order valence-electron chi connectivity index (χ4n) is 2.47. The molecule has 3 heteroatoms. The Morgan fingerprint density at radius 2 is 1.90 bits per heavy atom. The van der Waals surface area contributed by atoms with Gasteiger partial charge >= 0.3 is 0 Å². The van der Waals surface area contributed by atoms with Gasteiger partial charge in [0.25, 0.3) is 0 Å². The summed E-state index contributed by atoms with van der Waals surface area (Å²) in [5.74, 6) is 2.02. The van der Waals surface area contributed by atoms with Gasteiger partial charge in [-0.25, -0.2) is 0 Å². The maximum atomic E-state index is 5.90. The Morgan fingerprint density at radius 3 is 2.57 bits per heavy atom. The van der Waals surface area contributed by atoms with Gasteiger partial charge in [0.1, 0.15) is 11.5 Å². The van der Waals surface area contributed by atoms with Gasteiger partial charge in [0.2, 0.25) is 0 Å². The average Bonchev–Trinajstić information content (AvgIpc) is 2.76. The minimum Gasteiger partial charge on any atom is -0.464 e. The van der Waals surface area contributed by atoms with Gasteiger partial charge in [-0.05, 0) is 31.5 Å². The second kappa shape index (κ2) is 6.81. The van der Waals surface area contributed by atoms with E-state index < -0.39 is 0 Å². The molecule has 1 aromatic heterocycles. The molecule has 0 radical (unpaired) electrons. The summed E-state index contributed by atoms with van der Waals surface area (Å²) in [5, 5.41) is 3.44. The predicted molar refractivity (Wildman–Crippen MR) is 88.7 cm³/mol. The summed E-state index contributed by atoms with van der Waals surface area (Å²) in [7, 11) is 2.10. The fraction of sp³-hybridized carbons (Fsp3) is 0.444. The molecule has 2 aromatic rings. The standard InChI is InChI=1S/C18H26N2O/c1-13(2)19-11-16-10-17(21-15(16)4)12-20(5)18-9-7-6-8-14(18)3/h6-10,13,19H,11-12H2,1-5H3. The third-order valence-corrected chi connectivity index (χ3v) is 3.69. The number of para-hydroxylation sites is 1. The number of anilines is 1. The van der Waals surface area contributed by atoms with Crippen LogP contribution in [0.3, 0.4) is 0 Å². The van der Waals surface area contributed by atoms with Crippen molar-refractivity contribution in [3.63, 3.8) is 0 Å². The molecule has 1 N–H and O–H groups in total. The van der Waals surface area contributed by atoms with Crippen LogP contribution in [0.1, 0.15) is 36.5 Å². The second-order valence-corrected chi connectivity index (χ2v) is 5.97. The smallest absolute Gasteiger partial charge is 0.123 e. The molecular weight excluding hydrogens is 260 g/mol. The Kier molecular flexibility index (Phi) is 5.07. The van der Waals surface area contributed by atoms with E-state index in [0.717, 1.165) is 24.6 Å². The summed E-state index contributed by atoms with van der Waals surface area (Å²) in [5.41, 5.74) is 3.77. The Bertz CT molecular complexity index is 587. The van der Waals surface area contributed by atoms with Crippen molar-refractivity contribution in [1.82, 2.24) is 5.32 Å². The van der Waals surface area contributed by atoms with Crippen molar-refractivity contribution >= 4 is 5.69 Å². The van der Waals surface area contributed by atoms with E-state index in [4.69, 9.17) is 4.42 Å². The Hall–Kier alpha value is -1.74. The van der Waals surface area contributed by atoms with Gasteiger partial charge in [-0.1, -0.05) is 32.0 Å². The fourth-order valence-corrected chi connectivity index (χ4v) is 2.47. The third-order valence-electron chi connectivity index (χ3n) is 3.69. The van der Waals surface area contributed by atoms with E-state index in [2.05, 4.69) is 68.4 Å². The Labute approximate surface area is 128 Å². The van der Waals surface area contributed by atoms with Crippen molar-refractivity contribution in [3.05, 3.63) is 53.0 Å². The highest BCUT2D eigenvalue weighted by Gasteiger charge is 2.11. The SMILES string of the molecule is Cc1ccccc1N(C)Cc1cc(CNC(C)C)c(C)o1. The van der Waals surface area contributed by atoms with E-state index >= 15 is 0 Å². The third kappa shape index (κ3) is 4.11. The molecule has 0 fully saturated rings. The molecule has 0 unspecified atom stereocenters. The van der Waals surface area contributed by atoms with Crippen LogP contribution in [-0.4, -0.2) is 13.1 Å². The molecule has 0 aliphatic rings. The topological polar surface area (TPSA) is 28.4 Å². The zero-order valence-corrected chi connectivity index (χ0v) is 13.7. The van der Waals surface area contributed by atoms with Gasteiger partial charge in [-0.2, -0.15) is 0 Å². The lowest BCUT2D eigenvalue weighted by Crippen LogP contribution is -2.21. The van der Waals surface area contributed by atoms with Gasteiger partial charge in [0.15, 0.2) is 0 Å². The van der Waals surface area contributed by atoms with Crippen molar-refractivity contribution in [2.45, 2.75) is 46.8 Å². The highest BCUT2D eigenvalue weighted by atomic mass is 16.3. The van der Waals surface area contributed by atoms with Crippen LogP contribution >= 0.6 is 0 Å². The van der Waals surface area contributed by atoms with E-state index in [1.807, 2.05) is 6.92 Å². The first-order valence-corrected chi connectivity index (χ1v) is 7.55. The summed E-state index contributed by atoms with van der Waals surface area (Å²) in [6.07, 6.45) is 0. The minimum absolute atomic E-state index is 0.484. The number of benzene rings is 1. The van der Waals surface area contributed by atoms with Crippen LogP contribution in [0, 0.1) is 13.8 Å². The maximum Gasteiger partial charge on any atom is 0.123 e. The molecule has 0 bridgehead atoms. The molecule has 0 spiro atoms. The van der Waals surface area contributed by atoms with Gasteiger partial charge < -0.3 is 14.6 Å². The highest BCUT2D eigenvalue weighted by Crippen LogP contribution is 2.22. The number of hydrogen-bond acceptors (Lipinski definition) is 3. The lowest BCUT2D eigenvalue weighted by atomic mass is 10.2. The van der Waals surface area contributed by atoms with E-state index in [1.54, 1.807) is 0 Å². The molecule has 0 saturated heterocycles. The largest absolute Gasteiger partial charge is 0.464 e. The molecule has 0 aliphatic heterocycles. The molecule has 1 heterocycles. The van der Waals surface area contributed by atoms with Crippen molar-refractivity contribution in [2.75, 3.05) is 11.9 Å². The number of furan rings is 1. The molecule has 0 atom stereocenters. The van der Waals surface area contributed by atoms with Crippen LogP contribution in [0.15, 0.2) is 34.7 Å². The van der Waals surface area contributed by atoms with Gasteiger partial charge in [0.05, 0.1) is 6.54 Å². The van der Waals surface area contributed by atoms with Crippen molar-refractivity contribution < 1.29 is 4.42 Å². The molecule has 21 heavy (non-hydrogen) atoms. The average molecular weight is 286 g/mol. The zero-order valence-electron chi connectivity index (χ0n) is 13.7. The first kappa shape index (κ1) is 15.6. The number of hydrogen-bond donors (Lipinski definition) is 1. The molecular formula is C18H26N2O. The normalized spacial score (nSPS) is 11.1. The lowest BCUT2D eigenvalue weighted by molar-refractivity contribution is 0.476. The van der Waals surface area contributed by atoms with Crippen molar-refractivity contribution in [2.24, 2.45) is 0 Å². The van der Waals surface area contributed by atoms with E-state index in [1.165, 1.54) is 16.8 Å². The van der Waals surface area contributed by atoms with Crippen LogP contribution in [0.25, 0.3) is 0 Å². The van der Waals surface area contributed by atoms with Crippen molar-refractivity contribution in [1.29, 1.82) is 0 Å². The van der Waals surface area contributed by atoms with Crippen LogP contribution in [0.5, 0.6) is 0 Å². The van der Waals surface area contributed by atoms with E-state index in [0.29, 0.717) is 6.04 Å². The minimum atomic E-state index is 0.484. The highest BCUT2D eigenvalue weighted by molar-refractivity contribution is 5.52. The van der Waals surface area contributed by atoms with Gasteiger partial charge in [-0.3, -0.25) is 0 Å². The number of nitrogens with zero attached hydrogens (tertiary/aromatic N) is 1. The summed E-state index contributed by atoms with van der Waals surface area (Å²) < 4.78 is 5.90. The predicted octanol–water partition coefficient (Wildman–Crippen LogP) is 4.03. The van der Waals surface area contributed by atoms with Crippen LogP contribution in [0.2, 0.25) is 0 Å². The summed E-state index contributed by atoms with van der Waals surface area (Å²) >= 11 is 0. The van der Waals surface area contributed by atoms with Gasteiger partial charge in [-0.15, -0.1) is 0 Å². The summed E-state index contributed by atoms with van der Waals surface area (Å²) in [4.78, 5) is 2.23. The Balaban J connectivity index is 2.06. The molecule has 0 amide bonds. The van der Waals surface area contributed by atoms with Crippen LogP contribution in [-0.2, 0) is 13.1 Å². The van der Waals surface area contributed by atoms with Crippen molar-refractivity contribution in [3.8, 4) is 0 Å². The van der Waals surface area contributed by atoms with Gasteiger partial charge in [0, 0.05) is 30.9 Å². The Morgan fingerprint density at radius 1 is 1.19 bits per heavy atom. The number of aryl methyl sites for hydroxylation is 2. The maximum absolute atomic E-state index is 5.90. The summed E-state index contributed by atoms with van der Waals surface area (Å²) in [6.45, 7) is 10.1. The first-order chi connectivity index (χ1) is 9.97. The van der Waals surface area contributed by atoms with E-state index in [9.17, 15) is 0 Å². The lowest BCUT2D eigenvalue weighted by Gasteiger charge is -2.20. The molecule has 3 nitrogen and oxygen atoms in total. The number of nitrogens with one attached hydrogen (secondary N) is 1. The second-order valence-electron chi connectivity index (χ2n) is 5.97. The quantitative estimate of drug-likeness (QED) is 0.869. The monoisotopic (exact) mass is 286 g/mol. The molecule has 0 saturated carbocycles. The van der Waals surface area contributed by atoms with Crippen LogP contribution in [0.4, 0.5) is 5.69 Å². The summed E-state index contributed by atoms with van der Waals surface area (Å²) in [6, 6.07) is 11.1. The first-order valence-electron chi connectivity index (χ1n) is 7.55. The molecule has 2 rings (SSSR count). The molecule has 1 aromatic carbocycles. The zero-order chi connectivity index (χ0) is 15.4. The van der Waals surface area contributed by atoms with Crippen LogP contribution < -0.4 is 10.2 Å². The molecule has 0 aliphatic carbocycles. The molecule has 114 valence electrons. The number of rotatable bonds is 6. The van der Waals surface area contributed by atoms with E-state index in [-0.39, 0.29) is 0 Å².